The zero-order valence-electron chi connectivity index (χ0n) is 14.0. The first kappa shape index (κ1) is 16.1. The van der Waals surface area contributed by atoms with Crippen LogP contribution >= 0.6 is 0 Å². The van der Waals surface area contributed by atoms with E-state index >= 15 is 0 Å². The highest BCUT2D eigenvalue weighted by Gasteiger charge is 2.33. The van der Waals surface area contributed by atoms with Crippen LogP contribution in [0.15, 0.2) is 48.5 Å². The summed E-state index contributed by atoms with van der Waals surface area (Å²) in [6, 6.07) is 14.5. The van der Waals surface area contributed by atoms with Crippen molar-refractivity contribution in [3.8, 4) is 0 Å². The number of carbonyl (C=O) groups is 1. The smallest absolute Gasteiger partial charge is 0.410 e. The molecule has 1 N–H and O–H groups in total. The normalized spacial score (nSPS) is 22.0. The van der Waals surface area contributed by atoms with Gasteiger partial charge >= 0.3 is 6.09 Å². The summed E-state index contributed by atoms with van der Waals surface area (Å²) in [6.45, 7) is 1.97. The molecule has 5 heteroatoms. The summed E-state index contributed by atoms with van der Waals surface area (Å²) in [5.74, 6) is -0.280. The first-order valence-electron chi connectivity index (χ1n) is 8.72. The van der Waals surface area contributed by atoms with Crippen molar-refractivity contribution in [1.82, 2.24) is 10.2 Å². The van der Waals surface area contributed by atoms with Crippen molar-refractivity contribution in [3.05, 3.63) is 71.0 Å². The Labute approximate surface area is 146 Å². The molecule has 0 radical (unpaired) electrons. The van der Waals surface area contributed by atoms with Crippen LogP contribution in [-0.4, -0.2) is 36.7 Å². The monoisotopic (exact) mass is 340 g/mol. The van der Waals surface area contributed by atoms with Crippen LogP contribution < -0.4 is 5.32 Å². The lowest BCUT2D eigenvalue weighted by Crippen LogP contribution is -2.48. The second-order valence-corrected chi connectivity index (χ2v) is 6.61. The van der Waals surface area contributed by atoms with E-state index in [1.54, 1.807) is 17.0 Å². The molecule has 2 heterocycles. The summed E-state index contributed by atoms with van der Waals surface area (Å²) >= 11 is 0. The van der Waals surface area contributed by atoms with Gasteiger partial charge in [0.2, 0.25) is 0 Å². The van der Waals surface area contributed by atoms with Crippen LogP contribution in [0.1, 0.15) is 29.2 Å². The molecule has 4 rings (SSSR count). The summed E-state index contributed by atoms with van der Waals surface area (Å²) < 4.78 is 18.9. The van der Waals surface area contributed by atoms with Crippen LogP contribution in [0.25, 0.3) is 0 Å². The van der Waals surface area contributed by atoms with E-state index in [0.717, 1.165) is 30.5 Å². The van der Waals surface area contributed by atoms with Gasteiger partial charge in [-0.25, -0.2) is 9.18 Å². The molecule has 2 aliphatic heterocycles. The zero-order chi connectivity index (χ0) is 17.2. The Bertz CT molecular complexity index is 759. The Morgan fingerprint density at radius 3 is 2.68 bits per heavy atom. The molecule has 130 valence electrons. The highest BCUT2D eigenvalue weighted by molar-refractivity contribution is 5.70. The van der Waals surface area contributed by atoms with Crippen molar-refractivity contribution < 1.29 is 13.9 Å². The number of rotatable bonds is 3. The lowest BCUT2D eigenvalue weighted by Gasteiger charge is -2.37. The molecular formula is C20H21FN2O2. The SMILES string of the molecule is O=C(OC[C@@H]1CCN1)N1CCc2ccccc2C1c1ccc(F)cc1. The highest BCUT2D eigenvalue weighted by atomic mass is 19.1. The van der Waals surface area contributed by atoms with Crippen molar-refractivity contribution in [1.29, 1.82) is 0 Å². The van der Waals surface area contributed by atoms with Gasteiger partial charge in [-0.2, -0.15) is 0 Å². The van der Waals surface area contributed by atoms with Crippen LogP contribution in [0.2, 0.25) is 0 Å². The van der Waals surface area contributed by atoms with Crippen molar-refractivity contribution in [3.63, 3.8) is 0 Å². The van der Waals surface area contributed by atoms with Gasteiger partial charge < -0.3 is 10.1 Å². The fourth-order valence-corrected chi connectivity index (χ4v) is 3.51. The molecule has 2 atom stereocenters. The third kappa shape index (κ3) is 3.24. The van der Waals surface area contributed by atoms with E-state index in [0.29, 0.717) is 13.2 Å². The molecule has 0 saturated carbocycles. The predicted octanol–water partition coefficient (Wildman–Crippen LogP) is 3.27. The molecule has 0 aromatic heterocycles. The largest absolute Gasteiger partial charge is 0.448 e. The number of carbonyl (C=O) groups excluding carboxylic acids is 1. The Hall–Kier alpha value is -2.40. The lowest BCUT2D eigenvalue weighted by atomic mass is 9.88. The molecule has 1 amide bonds. The Morgan fingerprint density at radius 2 is 1.96 bits per heavy atom. The average Bonchev–Trinajstić information content (AvgIpc) is 2.60. The van der Waals surface area contributed by atoms with Crippen molar-refractivity contribution >= 4 is 6.09 Å². The van der Waals surface area contributed by atoms with Gasteiger partial charge in [-0.05, 0) is 48.2 Å². The second kappa shape index (κ2) is 6.84. The molecule has 1 unspecified atom stereocenters. The first-order valence-corrected chi connectivity index (χ1v) is 8.72. The first-order chi connectivity index (χ1) is 12.2. The van der Waals surface area contributed by atoms with E-state index in [1.165, 1.54) is 17.7 Å². The number of ether oxygens (including phenoxy) is 1. The number of nitrogens with zero attached hydrogens (tertiary/aromatic N) is 1. The van der Waals surface area contributed by atoms with Gasteiger partial charge in [0.15, 0.2) is 0 Å². The van der Waals surface area contributed by atoms with Crippen LogP contribution in [0.3, 0.4) is 0 Å². The maximum Gasteiger partial charge on any atom is 0.410 e. The number of halogens is 1. The molecule has 2 aromatic rings. The summed E-state index contributed by atoms with van der Waals surface area (Å²) in [5, 5.41) is 3.23. The molecule has 0 spiro atoms. The van der Waals surface area contributed by atoms with Crippen molar-refractivity contribution in [2.75, 3.05) is 19.7 Å². The Kier molecular flexibility index (Phi) is 4.40. The minimum Gasteiger partial charge on any atom is -0.448 e. The second-order valence-electron chi connectivity index (χ2n) is 6.61. The minimum atomic E-state index is -0.308. The summed E-state index contributed by atoms with van der Waals surface area (Å²) in [5.41, 5.74) is 3.20. The van der Waals surface area contributed by atoms with E-state index in [-0.39, 0.29) is 24.0 Å². The van der Waals surface area contributed by atoms with E-state index in [2.05, 4.69) is 11.4 Å². The molecule has 1 saturated heterocycles. The van der Waals surface area contributed by atoms with E-state index < -0.39 is 0 Å². The topological polar surface area (TPSA) is 41.6 Å². The quantitative estimate of drug-likeness (QED) is 0.932. The fraction of sp³-hybridized carbons (Fsp3) is 0.350. The van der Waals surface area contributed by atoms with Gasteiger partial charge in [0.05, 0.1) is 6.04 Å². The van der Waals surface area contributed by atoms with Gasteiger partial charge in [0, 0.05) is 12.6 Å². The predicted molar refractivity (Wildman–Crippen MR) is 92.9 cm³/mol. The van der Waals surface area contributed by atoms with Gasteiger partial charge in [0.1, 0.15) is 12.4 Å². The number of benzene rings is 2. The molecule has 2 aromatic carbocycles. The number of hydrogen-bond donors (Lipinski definition) is 1. The third-order valence-corrected chi connectivity index (χ3v) is 5.04. The van der Waals surface area contributed by atoms with Crippen LogP contribution in [0.4, 0.5) is 9.18 Å². The molecule has 25 heavy (non-hydrogen) atoms. The maximum absolute atomic E-state index is 13.3. The lowest BCUT2D eigenvalue weighted by molar-refractivity contribution is 0.0733. The number of fused-ring (bicyclic) bond motifs is 1. The molecule has 0 aliphatic carbocycles. The van der Waals surface area contributed by atoms with E-state index in [1.807, 2.05) is 18.2 Å². The van der Waals surface area contributed by atoms with Crippen LogP contribution in [0, 0.1) is 5.82 Å². The van der Waals surface area contributed by atoms with Gasteiger partial charge in [-0.15, -0.1) is 0 Å². The standard InChI is InChI=1S/C20H21FN2O2/c21-16-7-5-15(6-8-16)19-18-4-2-1-3-14(18)10-12-23(19)20(24)25-13-17-9-11-22-17/h1-8,17,19,22H,9-13H2/t17-,19?/m0/s1. The van der Waals surface area contributed by atoms with Crippen molar-refractivity contribution in [2.45, 2.75) is 24.9 Å². The Balaban J connectivity index is 1.62. The summed E-state index contributed by atoms with van der Waals surface area (Å²) in [4.78, 5) is 14.5. The zero-order valence-corrected chi connectivity index (χ0v) is 14.0. The molecular weight excluding hydrogens is 319 g/mol. The summed E-state index contributed by atoms with van der Waals surface area (Å²) in [6.07, 6.45) is 1.53. The van der Waals surface area contributed by atoms with Crippen LogP contribution in [0.5, 0.6) is 0 Å². The van der Waals surface area contributed by atoms with Crippen molar-refractivity contribution in [2.24, 2.45) is 0 Å². The van der Waals surface area contributed by atoms with Gasteiger partial charge in [-0.1, -0.05) is 36.4 Å². The van der Waals surface area contributed by atoms with Crippen LogP contribution in [-0.2, 0) is 11.2 Å². The number of nitrogens with one attached hydrogen (secondary N) is 1. The van der Waals surface area contributed by atoms with Gasteiger partial charge in [0.25, 0.3) is 0 Å². The minimum absolute atomic E-state index is 0.243. The molecule has 2 aliphatic rings. The summed E-state index contributed by atoms with van der Waals surface area (Å²) in [7, 11) is 0. The average molecular weight is 340 g/mol. The molecule has 1 fully saturated rings. The number of hydrogen-bond acceptors (Lipinski definition) is 3. The van der Waals surface area contributed by atoms with E-state index in [4.69, 9.17) is 4.74 Å². The fourth-order valence-electron chi connectivity index (χ4n) is 3.51. The molecule has 0 bridgehead atoms. The molecule has 4 nitrogen and oxygen atoms in total. The van der Waals surface area contributed by atoms with Gasteiger partial charge in [-0.3, -0.25) is 4.90 Å². The maximum atomic E-state index is 13.3. The van der Waals surface area contributed by atoms with E-state index in [9.17, 15) is 9.18 Å². The Morgan fingerprint density at radius 1 is 1.20 bits per heavy atom. The number of amides is 1. The third-order valence-electron chi connectivity index (χ3n) is 5.04. The highest BCUT2D eigenvalue weighted by Crippen LogP contribution is 2.35.